The van der Waals surface area contributed by atoms with Gasteiger partial charge in [-0.25, -0.2) is 0 Å². The average Bonchev–Trinajstić information content (AvgIpc) is 2.80. The second-order valence-electron chi connectivity index (χ2n) is 9.52. The van der Waals surface area contributed by atoms with E-state index < -0.39 is 0 Å². The Bertz CT molecular complexity index is 600. The maximum Gasteiger partial charge on any atom is 0.111 e. The van der Waals surface area contributed by atoms with Crippen LogP contribution in [0, 0.1) is 0 Å². The van der Waals surface area contributed by atoms with Crippen LogP contribution in [0.25, 0.3) is 0 Å². The first-order valence-corrected chi connectivity index (χ1v) is 12.9. The zero-order valence-corrected chi connectivity index (χ0v) is 20.6. The van der Waals surface area contributed by atoms with E-state index in [0.29, 0.717) is 0 Å². The number of fused-ring (bicyclic) bond motifs is 15. The van der Waals surface area contributed by atoms with Gasteiger partial charge in [0.2, 0.25) is 0 Å². The van der Waals surface area contributed by atoms with Crippen LogP contribution in [0.4, 0.5) is 0 Å². The molecular formula is C24H43BClN6. The molecule has 8 heteroatoms. The Balaban J connectivity index is 1.71. The van der Waals surface area contributed by atoms with Crippen LogP contribution in [0.5, 0.6) is 0 Å². The Morgan fingerprint density at radius 1 is 0.844 bits per heavy atom. The van der Waals surface area contributed by atoms with E-state index in [-0.39, 0.29) is 11.1 Å². The number of nitrogens with one attached hydrogen (secondary N) is 6. The highest BCUT2D eigenvalue weighted by molar-refractivity contribution is 6.35. The van der Waals surface area contributed by atoms with Crippen molar-refractivity contribution in [3.8, 4) is 0 Å². The lowest BCUT2D eigenvalue weighted by atomic mass is 9.62. The summed E-state index contributed by atoms with van der Waals surface area (Å²) in [5.41, 5.74) is 1.40. The monoisotopic (exact) mass is 461 g/mol. The van der Waals surface area contributed by atoms with Crippen molar-refractivity contribution >= 4 is 18.9 Å². The SMILES string of the molecule is CCNC12C[B]CCCCC(NCc3ccc(Cl)cc3)(CNCCNC1)CNCCNC2. The Kier molecular flexibility index (Phi) is 11.3. The highest BCUT2D eigenvalue weighted by Crippen LogP contribution is 2.19. The largest absolute Gasteiger partial charge is 0.314 e. The Hall–Kier alpha value is -0.665. The zero-order valence-electron chi connectivity index (χ0n) is 19.9. The summed E-state index contributed by atoms with van der Waals surface area (Å²) < 4.78 is 0. The van der Waals surface area contributed by atoms with Crippen molar-refractivity contribution in [2.45, 2.75) is 56.4 Å². The second kappa shape index (κ2) is 13.9. The second-order valence-corrected chi connectivity index (χ2v) is 9.95. The molecule has 0 amide bonds. The molecule has 0 atom stereocenters. The molecule has 3 fully saturated rings. The highest BCUT2D eigenvalue weighted by atomic mass is 35.5. The predicted molar refractivity (Wildman–Crippen MR) is 138 cm³/mol. The summed E-state index contributed by atoms with van der Waals surface area (Å²) in [7, 11) is 2.52. The molecule has 0 saturated carbocycles. The summed E-state index contributed by atoms with van der Waals surface area (Å²) in [6.07, 6.45) is 5.92. The summed E-state index contributed by atoms with van der Waals surface area (Å²) in [6, 6.07) is 8.21. The van der Waals surface area contributed by atoms with Crippen LogP contribution in [0.15, 0.2) is 24.3 Å². The molecule has 6 N–H and O–H groups in total. The van der Waals surface area contributed by atoms with E-state index in [4.69, 9.17) is 11.6 Å². The molecule has 1 aromatic carbocycles. The molecule has 2 bridgehead atoms. The third-order valence-electron chi connectivity index (χ3n) is 6.79. The summed E-state index contributed by atoms with van der Waals surface area (Å²) in [5.74, 6) is 0. The quantitative estimate of drug-likeness (QED) is 0.374. The van der Waals surface area contributed by atoms with E-state index in [1.54, 1.807) is 0 Å². The van der Waals surface area contributed by atoms with Crippen molar-refractivity contribution in [1.29, 1.82) is 0 Å². The van der Waals surface area contributed by atoms with Gasteiger partial charge in [-0.3, -0.25) is 0 Å². The number of halogens is 1. The number of hydrogen-bond donors (Lipinski definition) is 6. The van der Waals surface area contributed by atoms with Crippen molar-refractivity contribution in [3.05, 3.63) is 34.9 Å². The minimum Gasteiger partial charge on any atom is -0.314 e. The molecule has 0 unspecified atom stereocenters. The molecular weight excluding hydrogens is 419 g/mol. The van der Waals surface area contributed by atoms with Gasteiger partial charge in [0.25, 0.3) is 0 Å². The Morgan fingerprint density at radius 3 is 2.03 bits per heavy atom. The first-order valence-electron chi connectivity index (χ1n) is 12.5. The summed E-state index contributed by atoms with van der Waals surface area (Å²) >= 11 is 6.08. The van der Waals surface area contributed by atoms with Crippen LogP contribution in [0.2, 0.25) is 17.7 Å². The smallest absolute Gasteiger partial charge is 0.111 e. The number of hydrogen-bond acceptors (Lipinski definition) is 6. The fraction of sp³-hybridized carbons (Fsp3) is 0.750. The van der Waals surface area contributed by atoms with Crippen LogP contribution in [-0.4, -0.2) is 77.3 Å². The summed E-state index contributed by atoms with van der Waals surface area (Å²) in [4.78, 5) is 0. The third kappa shape index (κ3) is 8.60. The van der Waals surface area contributed by atoms with Gasteiger partial charge in [0.05, 0.1) is 0 Å². The van der Waals surface area contributed by atoms with Crippen LogP contribution < -0.4 is 31.9 Å². The van der Waals surface area contributed by atoms with Crippen molar-refractivity contribution in [1.82, 2.24) is 31.9 Å². The Morgan fingerprint density at radius 2 is 1.44 bits per heavy atom. The molecule has 179 valence electrons. The predicted octanol–water partition coefficient (Wildman–Crippen LogP) is 1.61. The maximum absolute atomic E-state index is 6.08. The van der Waals surface area contributed by atoms with E-state index in [1.165, 1.54) is 24.7 Å². The number of benzene rings is 1. The third-order valence-corrected chi connectivity index (χ3v) is 7.04. The molecule has 32 heavy (non-hydrogen) atoms. The van der Waals surface area contributed by atoms with Crippen molar-refractivity contribution in [2.75, 3.05) is 58.9 Å². The molecule has 3 saturated heterocycles. The van der Waals surface area contributed by atoms with E-state index in [9.17, 15) is 0 Å². The van der Waals surface area contributed by atoms with Gasteiger partial charge in [-0.2, -0.15) is 0 Å². The lowest BCUT2D eigenvalue weighted by Gasteiger charge is -2.39. The lowest BCUT2D eigenvalue weighted by Crippen LogP contribution is -2.61. The van der Waals surface area contributed by atoms with Gasteiger partial charge in [0, 0.05) is 75.0 Å². The van der Waals surface area contributed by atoms with E-state index in [1.807, 2.05) is 12.1 Å². The van der Waals surface area contributed by atoms with Gasteiger partial charge in [-0.1, -0.05) is 56.1 Å². The number of rotatable bonds is 5. The maximum atomic E-state index is 6.08. The molecule has 1 aromatic rings. The van der Waals surface area contributed by atoms with Crippen molar-refractivity contribution in [2.24, 2.45) is 0 Å². The molecule has 4 rings (SSSR count). The minimum absolute atomic E-state index is 0.0292. The van der Waals surface area contributed by atoms with E-state index in [0.717, 1.165) is 83.2 Å². The minimum atomic E-state index is 0.0292. The molecule has 0 spiro atoms. The molecule has 3 heterocycles. The van der Waals surface area contributed by atoms with Gasteiger partial charge in [0.1, 0.15) is 7.28 Å². The van der Waals surface area contributed by atoms with Gasteiger partial charge in [0.15, 0.2) is 0 Å². The van der Waals surface area contributed by atoms with Crippen molar-refractivity contribution < 1.29 is 0 Å². The van der Waals surface area contributed by atoms with Gasteiger partial charge in [-0.15, -0.1) is 0 Å². The van der Waals surface area contributed by atoms with Gasteiger partial charge >= 0.3 is 0 Å². The number of likely N-dealkylation sites (N-methyl/N-ethyl adjacent to an activating group) is 1. The topological polar surface area (TPSA) is 72.2 Å². The first kappa shape index (κ1) is 25.9. The lowest BCUT2D eigenvalue weighted by molar-refractivity contribution is 0.259. The van der Waals surface area contributed by atoms with Crippen LogP contribution in [-0.2, 0) is 6.54 Å². The van der Waals surface area contributed by atoms with Crippen LogP contribution >= 0.6 is 11.6 Å². The molecule has 3 aliphatic rings. The van der Waals surface area contributed by atoms with Crippen LogP contribution in [0.3, 0.4) is 0 Å². The van der Waals surface area contributed by atoms with Crippen molar-refractivity contribution in [3.63, 3.8) is 0 Å². The first-order chi connectivity index (χ1) is 15.7. The zero-order chi connectivity index (χ0) is 22.5. The van der Waals surface area contributed by atoms with E-state index in [2.05, 4.69) is 58.2 Å². The molecule has 6 nitrogen and oxygen atoms in total. The molecule has 1 radical (unpaired) electrons. The van der Waals surface area contributed by atoms with Crippen LogP contribution in [0.1, 0.15) is 31.7 Å². The fourth-order valence-corrected chi connectivity index (χ4v) is 5.04. The van der Waals surface area contributed by atoms with E-state index >= 15 is 0 Å². The molecule has 0 aromatic heterocycles. The summed E-state index contributed by atoms with van der Waals surface area (Å²) in [5, 5.41) is 23.4. The Labute approximate surface area is 201 Å². The molecule has 0 aliphatic carbocycles. The van der Waals surface area contributed by atoms with Gasteiger partial charge in [-0.05, 0) is 30.7 Å². The normalized spacial score (nSPS) is 29.1. The summed E-state index contributed by atoms with van der Waals surface area (Å²) in [6.45, 7) is 11.9. The molecule has 3 aliphatic heterocycles. The fourth-order valence-electron chi connectivity index (χ4n) is 4.92. The highest BCUT2D eigenvalue weighted by Gasteiger charge is 2.31. The van der Waals surface area contributed by atoms with Gasteiger partial charge < -0.3 is 31.9 Å². The average molecular weight is 462 g/mol. The standard InChI is InChI=1S/C24H43BClN6/c1-2-31-24-16-25-10-4-3-9-23(17-27-11-13-29-19-24,18-28-12-14-30-20-24)32-15-21-5-7-22(26)8-6-21/h5-8,27-32H,2-4,9-20H2,1H3.